The zero-order valence-electron chi connectivity index (χ0n) is 17.5. The number of thiophene rings is 1. The van der Waals surface area contributed by atoms with Crippen molar-refractivity contribution in [2.45, 2.75) is 19.3 Å². The van der Waals surface area contributed by atoms with Crippen molar-refractivity contribution in [1.82, 2.24) is 9.88 Å². The minimum Gasteiger partial charge on any atom is -0.371 e. The van der Waals surface area contributed by atoms with Gasteiger partial charge in [-0.15, -0.1) is 11.3 Å². The number of aromatic amines is 1. The molecule has 2 aliphatic heterocycles. The van der Waals surface area contributed by atoms with Crippen molar-refractivity contribution in [2.24, 2.45) is 11.8 Å². The average molecular weight is 417 g/mol. The molecule has 2 fully saturated rings. The van der Waals surface area contributed by atoms with E-state index in [0.29, 0.717) is 4.88 Å². The number of aromatic nitrogens is 1. The predicted octanol–water partition coefficient (Wildman–Crippen LogP) is 3.97. The molecule has 1 aromatic carbocycles. The van der Waals surface area contributed by atoms with Crippen LogP contribution >= 0.6 is 11.3 Å². The van der Waals surface area contributed by atoms with Crippen molar-refractivity contribution in [3.8, 4) is 6.07 Å². The third-order valence-electron chi connectivity index (χ3n) is 7.39. The van der Waals surface area contributed by atoms with Crippen molar-refractivity contribution in [3.05, 3.63) is 51.5 Å². The van der Waals surface area contributed by atoms with Crippen LogP contribution in [0.2, 0.25) is 0 Å². The number of hydrogen-bond donors (Lipinski definition) is 1. The van der Waals surface area contributed by atoms with Gasteiger partial charge in [0.25, 0.3) is 0 Å². The molecule has 3 aromatic rings. The van der Waals surface area contributed by atoms with Gasteiger partial charge < -0.3 is 14.8 Å². The van der Waals surface area contributed by atoms with E-state index in [1.54, 1.807) is 0 Å². The van der Waals surface area contributed by atoms with Crippen LogP contribution in [0.25, 0.3) is 10.2 Å². The Morgan fingerprint density at radius 2 is 1.90 bits per heavy atom. The fourth-order valence-corrected chi connectivity index (χ4v) is 6.83. The molecule has 0 radical (unpaired) electrons. The van der Waals surface area contributed by atoms with Crippen LogP contribution in [0.1, 0.15) is 45.9 Å². The average Bonchev–Trinajstić information content (AvgIpc) is 3.44. The third-order valence-corrected chi connectivity index (χ3v) is 8.44. The first kappa shape index (κ1) is 18.2. The van der Waals surface area contributed by atoms with Crippen LogP contribution < -0.4 is 4.90 Å². The third kappa shape index (κ3) is 2.33. The first-order chi connectivity index (χ1) is 14.4. The Bertz CT molecular complexity index is 1250. The molecule has 2 aromatic heterocycles. The molecule has 4 heterocycles. The zero-order chi connectivity index (χ0) is 20.8. The van der Waals surface area contributed by atoms with E-state index in [1.165, 1.54) is 30.1 Å². The number of nitrogens with zero attached hydrogens (tertiary/aromatic N) is 3. The van der Waals surface area contributed by atoms with Gasteiger partial charge in [-0.05, 0) is 48.7 Å². The Labute approximate surface area is 179 Å². The van der Waals surface area contributed by atoms with E-state index in [1.807, 2.05) is 12.1 Å². The first-order valence-corrected chi connectivity index (χ1v) is 11.4. The largest absolute Gasteiger partial charge is 0.371 e. The van der Waals surface area contributed by atoms with Crippen LogP contribution in [0, 0.1) is 23.2 Å². The molecule has 6 heteroatoms. The highest BCUT2D eigenvalue weighted by molar-refractivity contribution is 7.20. The fourth-order valence-electron chi connectivity index (χ4n) is 5.87. The van der Waals surface area contributed by atoms with E-state index < -0.39 is 0 Å². The summed E-state index contributed by atoms with van der Waals surface area (Å²) in [5.41, 5.74) is 5.45. The predicted molar refractivity (Wildman–Crippen MR) is 120 cm³/mol. The molecule has 3 aliphatic rings. The molecule has 2 atom stereocenters. The van der Waals surface area contributed by atoms with Crippen LogP contribution in [0.3, 0.4) is 0 Å². The van der Waals surface area contributed by atoms with Gasteiger partial charge in [0.1, 0.15) is 10.9 Å². The standard InChI is InChI=1S/C24H24N4OS/c1-24(2)18-6-15(28-11-13-9-27(3)10-14(13)12-28)4-5-17(18)21(29)20-22-19(26-23(20)24)7-16(8-25)30-22/h4-7,13-14,26H,9-12H2,1-3H3/t13-,14+. The van der Waals surface area contributed by atoms with E-state index >= 15 is 0 Å². The summed E-state index contributed by atoms with van der Waals surface area (Å²) in [4.78, 5) is 22.5. The molecule has 152 valence electrons. The summed E-state index contributed by atoms with van der Waals surface area (Å²) in [6.45, 7) is 8.96. The number of nitrogens with one attached hydrogen (secondary N) is 1. The Balaban J connectivity index is 1.43. The number of fused-ring (bicyclic) bond motifs is 5. The molecule has 5 nitrogen and oxygen atoms in total. The zero-order valence-corrected chi connectivity index (χ0v) is 18.3. The summed E-state index contributed by atoms with van der Waals surface area (Å²) in [6, 6.07) is 10.5. The Morgan fingerprint density at radius 3 is 2.60 bits per heavy atom. The molecule has 6 rings (SSSR count). The topological polar surface area (TPSA) is 63.1 Å². The number of carbonyl (C=O) groups excluding carboxylic acids is 1. The molecular weight excluding hydrogens is 392 g/mol. The van der Waals surface area contributed by atoms with Crippen molar-refractivity contribution in [3.63, 3.8) is 0 Å². The Hall–Kier alpha value is -2.62. The SMILES string of the molecule is CN1C[C@@H]2CN(c3ccc4c(c3)C(C)(C)c3[nH]c5cc(C#N)sc5c3C4=O)C[C@@H]2C1. The van der Waals surface area contributed by atoms with E-state index in [2.05, 4.69) is 53.9 Å². The number of anilines is 1. The van der Waals surface area contributed by atoms with Crippen molar-refractivity contribution in [1.29, 1.82) is 5.26 Å². The summed E-state index contributed by atoms with van der Waals surface area (Å²) in [5, 5.41) is 9.25. The van der Waals surface area contributed by atoms with Crippen LogP contribution in [-0.2, 0) is 5.41 Å². The summed E-state index contributed by atoms with van der Waals surface area (Å²) >= 11 is 1.41. The molecule has 30 heavy (non-hydrogen) atoms. The molecule has 0 amide bonds. The second kappa shape index (κ2) is 5.96. The quantitative estimate of drug-likeness (QED) is 0.652. The summed E-state index contributed by atoms with van der Waals surface area (Å²) < 4.78 is 0.908. The normalized spacial score (nSPS) is 24.7. The lowest BCUT2D eigenvalue weighted by molar-refractivity contribution is 0.103. The minimum absolute atomic E-state index is 0.0726. The molecule has 0 bridgehead atoms. The molecule has 0 unspecified atom stereocenters. The van der Waals surface area contributed by atoms with Gasteiger partial charge in [0, 0.05) is 48.5 Å². The van der Waals surface area contributed by atoms with Gasteiger partial charge in [-0.25, -0.2) is 0 Å². The van der Waals surface area contributed by atoms with Crippen LogP contribution in [0.15, 0.2) is 24.3 Å². The van der Waals surface area contributed by atoms with Gasteiger partial charge in [0.15, 0.2) is 5.78 Å². The molecule has 1 N–H and O–H groups in total. The lowest BCUT2D eigenvalue weighted by atomic mass is 9.71. The number of H-pyrrole nitrogens is 1. The fraction of sp³-hybridized carbons (Fsp3) is 0.417. The lowest BCUT2D eigenvalue weighted by Gasteiger charge is -2.33. The second-order valence-electron chi connectivity index (χ2n) is 9.67. The monoisotopic (exact) mass is 416 g/mol. The molecule has 2 saturated heterocycles. The van der Waals surface area contributed by atoms with Gasteiger partial charge in [0.05, 0.1) is 15.8 Å². The van der Waals surface area contributed by atoms with Crippen molar-refractivity contribution >= 4 is 33.0 Å². The highest BCUT2D eigenvalue weighted by Crippen LogP contribution is 2.46. The van der Waals surface area contributed by atoms with E-state index in [-0.39, 0.29) is 11.2 Å². The molecular formula is C24H24N4OS. The molecule has 1 aliphatic carbocycles. The summed E-state index contributed by atoms with van der Waals surface area (Å²) in [5.74, 6) is 1.57. The van der Waals surface area contributed by atoms with Crippen molar-refractivity contribution in [2.75, 3.05) is 38.1 Å². The van der Waals surface area contributed by atoms with E-state index in [4.69, 9.17) is 0 Å². The lowest BCUT2D eigenvalue weighted by Crippen LogP contribution is -2.31. The summed E-state index contributed by atoms with van der Waals surface area (Å²) in [6.07, 6.45) is 0. The number of rotatable bonds is 1. The maximum absolute atomic E-state index is 13.5. The van der Waals surface area contributed by atoms with Gasteiger partial charge in [-0.1, -0.05) is 13.8 Å². The maximum atomic E-state index is 13.5. The smallest absolute Gasteiger partial charge is 0.196 e. The van der Waals surface area contributed by atoms with Gasteiger partial charge in [-0.2, -0.15) is 5.26 Å². The van der Waals surface area contributed by atoms with Crippen LogP contribution in [0.4, 0.5) is 5.69 Å². The van der Waals surface area contributed by atoms with Crippen LogP contribution in [0.5, 0.6) is 0 Å². The van der Waals surface area contributed by atoms with Gasteiger partial charge in [0.2, 0.25) is 0 Å². The number of hydrogen-bond acceptors (Lipinski definition) is 5. The highest BCUT2D eigenvalue weighted by Gasteiger charge is 2.42. The number of nitriles is 1. The number of carbonyl (C=O) groups is 1. The highest BCUT2D eigenvalue weighted by atomic mass is 32.1. The Morgan fingerprint density at radius 1 is 1.17 bits per heavy atom. The van der Waals surface area contributed by atoms with Gasteiger partial charge >= 0.3 is 0 Å². The first-order valence-electron chi connectivity index (χ1n) is 10.6. The minimum atomic E-state index is -0.296. The summed E-state index contributed by atoms with van der Waals surface area (Å²) in [7, 11) is 2.22. The van der Waals surface area contributed by atoms with Crippen molar-refractivity contribution < 1.29 is 4.79 Å². The Kier molecular flexibility index (Phi) is 3.61. The second-order valence-corrected chi connectivity index (χ2v) is 10.7. The number of benzene rings is 1. The molecule has 0 spiro atoms. The number of ketones is 1. The van der Waals surface area contributed by atoms with E-state index in [9.17, 15) is 10.1 Å². The van der Waals surface area contributed by atoms with E-state index in [0.717, 1.165) is 57.5 Å². The molecule has 0 saturated carbocycles. The van der Waals surface area contributed by atoms with Crippen LogP contribution in [-0.4, -0.2) is 48.9 Å². The number of likely N-dealkylation sites (tertiary alicyclic amines) is 1. The maximum Gasteiger partial charge on any atom is 0.196 e. The van der Waals surface area contributed by atoms with Gasteiger partial charge in [-0.3, -0.25) is 4.79 Å².